The molecule has 2 aliphatic rings. The third-order valence-electron chi connectivity index (χ3n) is 4.60. The molecule has 1 amide bonds. The van der Waals surface area contributed by atoms with Crippen LogP contribution in [0, 0.1) is 5.82 Å². The van der Waals surface area contributed by atoms with Crippen molar-refractivity contribution >= 4 is 30.1 Å². The zero-order chi connectivity index (χ0) is 16.8. The molecule has 0 radical (unpaired) electrons. The Kier molecular flexibility index (Phi) is 8.49. The first-order valence-electron chi connectivity index (χ1n) is 8.69. The third kappa shape index (κ3) is 5.84. The van der Waals surface area contributed by atoms with Crippen LogP contribution < -0.4 is 5.32 Å². The van der Waals surface area contributed by atoms with E-state index in [0.717, 1.165) is 37.3 Å². The van der Waals surface area contributed by atoms with Crippen LogP contribution in [0.3, 0.4) is 0 Å². The summed E-state index contributed by atoms with van der Waals surface area (Å²) in [4.78, 5) is 14.5. The van der Waals surface area contributed by atoms with Crippen LogP contribution in [0.25, 0.3) is 0 Å². The maximum atomic E-state index is 13.5. The molecule has 2 saturated heterocycles. The van der Waals surface area contributed by atoms with Crippen LogP contribution >= 0.6 is 24.2 Å². The molecule has 140 valence electrons. The molecule has 3 rings (SSSR count). The van der Waals surface area contributed by atoms with Gasteiger partial charge in [-0.2, -0.15) is 0 Å². The number of halogens is 2. The third-order valence-corrected chi connectivity index (χ3v) is 5.66. The van der Waals surface area contributed by atoms with E-state index in [4.69, 9.17) is 4.74 Å². The molecular weight excluding hydrogens is 363 g/mol. The van der Waals surface area contributed by atoms with E-state index in [-0.39, 0.29) is 30.2 Å². The number of hydrogen-bond donors (Lipinski definition) is 1. The van der Waals surface area contributed by atoms with Crippen LogP contribution in [-0.2, 0) is 9.53 Å². The summed E-state index contributed by atoms with van der Waals surface area (Å²) in [5.74, 6) is 1.22. The van der Waals surface area contributed by atoms with Crippen LogP contribution in [0.4, 0.5) is 4.39 Å². The Morgan fingerprint density at radius 1 is 1.40 bits per heavy atom. The number of nitrogens with zero attached hydrogens (tertiary/aromatic N) is 1. The zero-order valence-corrected chi connectivity index (χ0v) is 15.9. The molecular formula is C18H26ClFN2O2S. The Morgan fingerprint density at radius 3 is 3.04 bits per heavy atom. The number of amides is 1. The van der Waals surface area contributed by atoms with Gasteiger partial charge in [-0.1, -0.05) is 12.1 Å². The second-order valence-electron chi connectivity index (χ2n) is 6.37. The van der Waals surface area contributed by atoms with Crippen molar-refractivity contribution < 1.29 is 13.9 Å². The highest BCUT2D eigenvalue weighted by molar-refractivity contribution is 7.99. The molecule has 0 aromatic heterocycles. The fraction of sp³-hybridized carbons (Fsp3) is 0.611. The Bertz CT molecular complexity index is 558. The maximum Gasteiger partial charge on any atom is 0.233 e. The molecule has 25 heavy (non-hydrogen) atoms. The van der Waals surface area contributed by atoms with Crippen molar-refractivity contribution in [3.8, 4) is 0 Å². The summed E-state index contributed by atoms with van der Waals surface area (Å²) in [6, 6.07) is 6.47. The number of ether oxygens (including phenoxy) is 1. The van der Waals surface area contributed by atoms with Gasteiger partial charge < -0.3 is 15.0 Å². The molecule has 1 aromatic carbocycles. The number of piperazine rings is 1. The van der Waals surface area contributed by atoms with Gasteiger partial charge in [0.1, 0.15) is 5.82 Å². The monoisotopic (exact) mass is 388 g/mol. The molecule has 0 bridgehead atoms. The van der Waals surface area contributed by atoms with E-state index < -0.39 is 0 Å². The van der Waals surface area contributed by atoms with E-state index in [1.807, 2.05) is 11.0 Å². The Balaban J connectivity index is 0.00000225. The van der Waals surface area contributed by atoms with Crippen LogP contribution in [0.1, 0.15) is 30.9 Å². The zero-order valence-electron chi connectivity index (χ0n) is 14.3. The van der Waals surface area contributed by atoms with Crippen molar-refractivity contribution in [3.05, 3.63) is 35.6 Å². The summed E-state index contributed by atoms with van der Waals surface area (Å²) >= 11 is 1.65. The molecule has 1 aromatic rings. The average Bonchev–Trinajstić information content (AvgIpc) is 2.62. The minimum Gasteiger partial charge on any atom is -0.377 e. The van der Waals surface area contributed by atoms with Crippen LogP contribution in [-0.4, -0.2) is 54.7 Å². The molecule has 7 heteroatoms. The van der Waals surface area contributed by atoms with E-state index in [1.54, 1.807) is 17.8 Å². The predicted octanol–water partition coefficient (Wildman–Crippen LogP) is 3.02. The molecule has 2 aliphatic heterocycles. The quantitative estimate of drug-likeness (QED) is 0.841. The summed E-state index contributed by atoms with van der Waals surface area (Å²) in [5.41, 5.74) is 0.858. The van der Waals surface area contributed by atoms with Crippen molar-refractivity contribution in [2.45, 2.75) is 31.4 Å². The standard InChI is InChI=1S/C18H25FN2O2S.ClH/c19-15-5-3-4-14(10-15)17-11-20-7-8-21(17)18(22)13-24-12-16-6-1-2-9-23-16;/h3-5,10,16-17,20H,1-2,6-9,11-13H2;1H. The lowest BCUT2D eigenvalue weighted by atomic mass is 10.0. The van der Waals surface area contributed by atoms with E-state index in [9.17, 15) is 9.18 Å². The minimum absolute atomic E-state index is 0. The molecule has 2 unspecified atom stereocenters. The fourth-order valence-electron chi connectivity index (χ4n) is 3.31. The highest BCUT2D eigenvalue weighted by Crippen LogP contribution is 2.24. The summed E-state index contributed by atoms with van der Waals surface area (Å²) < 4.78 is 19.2. The smallest absolute Gasteiger partial charge is 0.233 e. The average molecular weight is 389 g/mol. The topological polar surface area (TPSA) is 41.6 Å². The lowest BCUT2D eigenvalue weighted by molar-refractivity contribution is -0.131. The van der Waals surface area contributed by atoms with E-state index in [0.29, 0.717) is 24.9 Å². The van der Waals surface area contributed by atoms with E-state index >= 15 is 0 Å². The van der Waals surface area contributed by atoms with Crippen molar-refractivity contribution in [3.63, 3.8) is 0 Å². The molecule has 2 heterocycles. The van der Waals surface area contributed by atoms with Crippen LogP contribution in [0.5, 0.6) is 0 Å². The highest BCUT2D eigenvalue weighted by atomic mass is 35.5. The predicted molar refractivity (Wildman–Crippen MR) is 102 cm³/mol. The van der Waals surface area contributed by atoms with Gasteiger partial charge in [0.15, 0.2) is 0 Å². The molecule has 2 fully saturated rings. The fourth-order valence-corrected chi connectivity index (χ4v) is 4.30. The van der Waals surface area contributed by atoms with E-state index in [1.165, 1.54) is 18.6 Å². The number of benzene rings is 1. The van der Waals surface area contributed by atoms with Crippen LogP contribution in [0.2, 0.25) is 0 Å². The van der Waals surface area contributed by atoms with Gasteiger partial charge in [0.05, 0.1) is 17.9 Å². The Labute approximate surface area is 159 Å². The van der Waals surface area contributed by atoms with Gasteiger partial charge in [-0.25, -0.2) is 4.39 Å². The summed E-state index contributed by atoms with van der Waals surface area (Å²) in [6.45, 7) is 2.97. The summed E-state index contributed by atoms with van der Waals surface area (Å²) in [7, 11) is 0. The van der Waals surface area contributed by atoms with Crippen molar-refractivity contribution in [1.29, 1.82) is 0 Å². The van der Waals surface area contributed by atoms with Gasteiger partial charge >= 0.3 is 0 Å². The van der Waals surface area contributed by atoms with Gasteiger partial charge in [-0.05, 0) is 37.0 Å². The number of hydrogen-bond acceptors (Lipinski definition) is 4. The maximum absolute atomic E-state index is 13.5. The number of rotatable bonds is 5. The number of carbonyl (C=O) groups excluding carboxylic acids is 1. The van der Waals surface area contributed by atoms with Gasteiger partial charge in [0, 0.05) is 32.0 Å². The second kappa shape index (κ2) is 10.4. The minimum atomic E-state index is -0.255. The van der Waals surface area contributed by atoms with Gasteiger partial charge in [-0.3, -0.25) is 4.79 Å². The first-order chi connectivity index (χ1) is 11.7. The number of nitrogens with one attached hydrogen (secondary N) is 1. The van der Waals surface area contributed by atoms with Gasteiger partial charge in [0.25, 0.3) is 0 Å². The molecule has 1 N–H and O–H groups in total. The molecule has 0 spiro atoms. The molecule has 0 saturated carbocycles. The largest absolute Gasteiger partial charge is 0.377 e. The summed E-state index contributed by atoms with van der Waals surface area (Å²) in [6.07, 6.45) is 3.76. The molecule has 4 nitrogen and oxygen atoms in total. The van der Waals surface area contributed by atoms with Crippen molar-refractivity contribution in [2.24, 2.45) is 0 Å². The highest BCUT2D eigenvalue weighted by Gasteiger charge is 2.28. The normalized spacial score (nSPS) is 23.8. The number of thioether (sulfide) groups is 1. The Hall–Kier alpha value is -0.820. The first kappa shape index (κ1) is 20.5. The molecule has 0 aliphatic carbocycles. The van der Waals surface area contributed by atoms with Crippen LogP contribution in [0.15, 0.2) is 24.3 Å². The SMILES string of the molecule is Cl.O=C(CSCC1CCCCO1)N1CCNCC1c1cccc(F)c1. The van der Waals surface area contributed by atoms with Crippen molar-refractivity contribution in [2.75, 3.05) is 37.7 Å². The lowest BCUT2D eigenvalue weighted by Gasteiger charge is -2.36. The van der Waals surface area contributed by atoms with Crippen molar-refractivity contribution in [1.82, 2.24) is 10.2 Å². The first-order valence-corrected chi connectivity index (χ1v) is 9.84. The number of carbonyl (C=O) groups is 1. The second-order valence-corrected chi connectivity index (χ2v) is 7.40. The van der Waals surface area contributed by atoms with Gasteiger partial charge in [-0.15, -0.1) is 24.2 Å². The van der Waals surface area contributed by atoms with E-state index in [2.05, 4.69) is 5.32 Å². The Morgan fingerprint density at radius 2 is 2.28 bits per heavy atom. The lowest BCUT2D eigenvalue weighted by Crippen LogP contribution is -2.49. The summed E-state index contributed by atoms with van der Waals surface area (Å²) in [5, 5.41) is 3.30. The van der Waals surface area contributed by atoms with Gasteiger partial charge in [0.2, 0.25) is 5.91 Å². The molecule has 2 atom stereocenters.